The van der Waals surface area contributed by atoms with Crippen LogP contribution >= 0.6 is 0 Å². The van der Waals surface area contributed by atoms with Crippen LogP contribution < -0.4 is 4.90 Å². The van der Waals surface area contributed by atoms with E-state index < -0.39 is 0 Å². The van der Waals surface area contributed by atoms with E-state index in [1.54, 1.807) is 12.1 Å². The van der Waals surface area contributed by atoms with E-state index in [4.69, 9.17) is 0 Å². The van der Waals surface area contributed by atoms with Crippen molar-refractivity contribution in [2.24, 2.45) is 0 Å². The van der Waals surface area contributed by atoms with Gasteiger partial charge >= 0.3 is 0 Å². The molecule has 1 fully saturated rings. The Hall–Kier alpha value is -1.26. The second-order valence-electron chi connectivity index (χ2n) is 5.50. The Morgan fingerprint density at radius 1 is 1.05 bits per heavy atom. The number of benzene rings is 1. The Morgan fingerprint density at radius 2 is 1.68 bits per heavy atom. The monoisotopic (exact) mass is 263 g/mol. The molecule has 1 N–H and O–H groups in total. The first-order valence-electron chi connectivity index (χ1n) is 7.06. The predicted molar refractivity (Wildman–Crippen MR) is 79.9 cm³/mol. The van der Waals surface area contributed by atoms with Crippen LogP contribution in [0.15, 0.2) is 24.3 Å². The molecule has 1 aromatic rings. The molecule has 0 aliphatic carbocycles. The summed E-state index contributed by atoms with van der Waals surface area (Å²) in [5.74, 6) is 0.339. The van der Waals surface area contributed by atoms with E-state index in [9.17, 15) is 5.11 Å². The Bertz CT molecular complexity index is 369. The van der Waals surface area contributed by atoms with Gasteiger partial charge in [0, 0.05) is 31.9 Å². The zero-order chi connectivity index (χ0) is 13.7. The molecule has 0 saturated carbocycles. The highest BCUT2D eigenvalue weighted by Crippen LogP contribution is 2.19. The largest absolute Gasteiger partial charge is 0.508 e. The summed E-state index contributed by atoms with van der Waals surface area (Å²) in [6.07, 6.45) is 1.24. The van der Waals surface area contributed by atoms with E-state index >= 15 is 0 Å². The second kappa shape index (κ2) is 6.78. The summed E-state index contributed by atoms with van der Waals surface area (Å²) >= 11 is 0. The number of phenolic OH excluding ortho intramolecular Hbond substituents is 1. The minimum Gasteiger partial charge on any atom is -0.508 e. The normalized spacial score (nSPS) is 17.1. The highest BCUT2D eigenvalue weighted by molar-refractivity contribution is 5.49. The van der Waals surface area contributed by atoms with Gasteiger partial charge in [-0.05, 0) is 57.9 Å². The number of phenols is 1. The molecular weight excluding hydrogens is 238 g/mol. The number of aromatic hydroxyl groups is 1. The van der Waals surface area contributed by atoms with Crippen LogP contribution in [0.1, 0.15) is 6.42 Å². The number of anilines is 1. The van der Waals surface area contributed by atoms with Crippen molar-refractivity contribution in [3.63, 3.8) is 0 Å². The predicted octanol–water partition coefficient (Wildman–Crippen LogP) is 1.47. The van der Waals surface area contributed by atoms with Gasteiger partial charge in [-0.25, -0.2) is 0 Å². The molecule has 1 aliphatic heterocycles. The van der Waals surface area contributed by atoms with Gasteiger partial charge in [-0.2, -0.15) is 0 Å². The van der Waals surface area contributed by atoms with Crippen molar-refractivity contribution in [1.82, 2.24) is 9.80 Å². The van der Waals surface area contributed by atoms with Crippen LogP contribution in [0, 0.1) is 0 Å². The Kier molecular flexibility index (Phi) is 5.05. The van der Waals surface area contributed by atoms with E-state index in [-0.39, 0.29) is 0 Å². The van der Waals surface area contributed by atoms with Crippen LogP contribution in [0.2, 0.25) is 0 Å². The van der Waals surface area contributed by atoms with Crippen LogP contribution in [0.25, 0.3) is 0 Å². The molecule has 0 spiro atoms. The molecule has 0 aromatic heterocycles. The standard InChI is InChI=1S/C15H25N3O/c1-16(2)8-3-9-17-10-12-18(13-11-17)14-4-6-15(19)7-5-14/h4-7,19H,3,8-13H2,1-2H3. The maximum atomic E-state index is 9.31. The molecule has 0 amide bonds. The van der Waals surface area contributed by atoms with Crippen molar-refractivity contribution in [2.75, 3.05) is 58.3 Å². The van der Waals surface area contributed by atoms with Crippen LogP contribution in [0.5, 0.6) is 5.75 Å². The smallest absolute Gasteiger partial charge is 0.115 e. The van der Waals surface area contributed by atoms with E-state index in [0.717, 1.165) is 32.7 Å². The molecule has 106 valence electrons. The zero-order valence-corrected chi connectivity index (χ0v) is 12.0. The third-order valence-corrected chi connectivity index (χ3v) is 3.67. The second-order valence-corrected chi connectivity index (χ2v) is 5.50. The molecule has 19 heavy (non-hydrogen) atoms. The number of hydrogen-bond acceptors (Lipinski definition) is 4. The quantitative estimate of drug-likeness (QED) is 0.871. The van der Waals surface area contributed by atoms with Gasteiger partial charge in [-0.1, -0.05) is 0 Å². The SMILES string of the molecule is CN(C)CCCN1CCN(c2ccc(O)cc2)CC1. The molecule has 1 saturated heterocycles. The van der Waals surface area contributed by atoms with Gasteiger partial charge in [0.25, 0.3) is 0 Å². The lowest BCUT2D eigenvalue weighted by atomic mass is 10.2. The molecule has 0 atom stereocenters. The highest BCUT2D eigenvalue weighted by Gasteiger charge is 2.16. The highest BCUT2D eigenvalue weighted by atomic mass is 16.3. The van der Waals surface area contributed by atoms with Gasteiger partial charge in [-0.3, -0.25) is 4.90 Å². The molecule has 0 unspecified atom stereocenters. The number of piperazine rings is 1. The summed E-state index contributed by atoms with van der Waals surface area (Å²) in [5, 5.41) is 9.31. The summed E-state index contributed by atoms with van der Waals surface area (Å²) < 4.78 is 0. The van der Waals surface area contributed by atoms with Gasteiger partial charge in [0.1, 0.15) is 5.75 Å². The van der Waals surface area contributed by atoms with Gasteiger partial charge in [0.05, 0.1) is 0 Å². The average molecular weight is 263 g/mol. The van der Waals surface area contributed by atoms with E-state index in [0.29, 0.717) is 5.75 Å². The molecule has 1 aliphatic rings. The number of hydrogen-bond donors (Lipinski definition) is 1. The minimum atomic E-state index is 0.339. The summed E-state index contributed by atoms with van der Waals surface area (Å²) in [5.41, 5.74) is 1.21. The maximum Gasteiger partial charge on any atom is 0.115 e. The molecule has 2 rings (SSSR count). The van der Waals surface area contributed by atoms with E-state index in [1.165, 1.54) is 18.7 Å². The third-order valence-electron chi connectivity index (χ3n) is 3.67. The topological polar surface area (TPSA) is 30.0 Å². The number of rotatable bonds is 5. The lowest BCUT2D eigenvalue weighted by Gasteiger charge is -2.36. The minimum absolute atomic E-state index is 0.339. The Balaban J connectivity index is 1.74. The molecular formula is C15H25N3O. The molecule has 0 bridgehead atoms. The van der Waals surface area contributed by atoms with Crippen molar-refractivity contribution >= 4 is 5.69 Å². The van der Waals surface area contributed by atoms with Gasteiger partial charge in [0.15, 0.2) is 0 Å². The van der Waals surface area contributed by atoms with E-state index in [2.05, 4.69) is 28.8 Å². The Morgan fingerprint density at radius 3 is 2.26 bits per heavy atom. The summed E-state index contributed by atoms with van der Waals surface area (Å²) in [6.45, 7) is 6.78. The van der Waals surface area contributed by atoms with Crippen LogP contribution in [-0.2, 0) is 0 Å². The lowest BCUT2D eigenvalue weighted by Crippen LogP contribution is -2.46. The van der Waals surface area contributed by atoms with Crippen molar-refractivity contribution < 1.29 is 5.11 Å². The molecule has 4 nitrogen and oxygen atoms in total. The van der Waals surface area contributed by atoms with Crippen LogP contribution in [0.4, 0.5) is 5.69 Å². The summed E-state index contributed by atoms with van der Waals surface area (Å²) in [7, 11) is 4.26. The fourth-order valence-corrected chi connectivity index (χ4v) is 2.50. The van der Waals surface area contributed by atoms with Crippen molar-refractivity contribution in [3.05, 3.63) is 24.3 Å². The lowest BCUT2D eigenvalue weighted by molar-refractivity contribution is 0.242. The third kappa shape index (κ3) is 4.40. The summed E-state index contributed by atoms with van der Waals surface area (Å²) in [6, 6.07) is 7.52. The van der Waals surface area contributed by atoms with Crippen molar-refractivity contribution in [2.45, 2.75) is 6.42 Å². The van der Waals surface area contributed by atoms with Gasteiger partial charge in [-0.15, -0.1) is 0 Å². The maximum absolute atomic E-state index is 9.31. The Labute approximate surface area is 116 Å². The van der Waals surface area contributed by atoms with Crippen LogP contribution in [0.3, 0.4) is 0 Å². The first-order chi connectivity index (χ1) is 9.15. The fraction of sp³-hybridized carbons (Fsp3) is 0.600. The molecule has 0 radical (unpaired) electrons. The van der Waals surface area contributed by atoms with Crippen molar-refractivity contribution in [3.8, 4) is 5.75 Å². The van der Waals surface area contributed by atoms with Crippen molar-refractivity contribution in [1.29, 1.82) is 0 Å². The zero-order valence-electron chi connectivity index (χ0n) is 12.0. The average Bonchev–Trinajstić information content (AvgIpc) is 2.40. The fourth-order valence-electron chi connectivity index (χ4n) is 2.50. The van der Waals surface area contributed by atoms with E-state index in [1.807, 2.05) is 12.1 Å². The summed E-state index contributed by atoms with van der Waals surface area (Å²) in [4.78, 5) is 7.18. The van der Waals surface area contributed by atoms with Crippen LogP contribution in [-0.4, -0.2) is 68.3 Å². The molecule has 1 aromatic carbocycles. The first kappa shape index (κ1) is 14.2. The first-order valence-corrected chi connectivity index (χ1v) is 7.06. The molecule has 1 heterocycles. The number of nitrogens with zero attached hydrogens (tertiary/aromatic N) is 3. The van der Waals surface area contributed by atoms with Gasteiger partial charge < -0.3 is 14.9 Å². The van der Waals surface area contributed by atoms with Gasteiger partial charge in [0.2, 0.25) is 0 Å². The molecule has 4 heteroatoms.